The number of ether oxygens (including phenoxy) is 1. The highest BCUT2D eigenvalue weighted by Crippen LogP contribution is 2.17. The van der Waals surface area contributed by atoms with E-state index in [1.807, 2.05) is 54.6 Å². The standard InChI is InChI=1S/C21H24N2O4/c24-20(25)18-10-12-23(14-18)21(26)22-11-9-16-7-4-8-19(13-16)27-15-17-5-2-1-3-6-17/h1-8,13,18H,9-12,14-15H2,(H,22,26)(H,24,25). The number of nitrogens with one attached hydrogen (secondary N) is 1. The summed E-state index contributed by atoms with van der Waals surface area (Å²) in [5.74, 6) is -0.488. The van der Waals surface area contributed by atoms with Crippen molar-refractivity contribution in [2.45, 2.75) is 19.4 Å². The average molecular weight is 368 g/mol. The molecule has 1 aliphatic heterocycles. The second-order valence-electron chi connectivity index (χ2n) is 6.67. The molecule has 3 rings (SSSR count). The van der Waals surface area contributed by atoms with Gasteiger partial charge in [-0.3, -0.25) is 4.79 Å². The minimum Gasteiger partial charge on any atom is -0.489 e. The van der Waals surface area contributed by atoms with Crippen molar-refractivity contribution in [3.05, 3.63) is 65.7 Å². The van der Waals surface area contributed by atoms with E-state index < -0.39 is 11.9 Å². The van der Waals surface area contributed by atoms with Crippen molar-refractivity contribution in [1.82, 2.24) is 10.2 Å². The highest BCUT2D eigenvalue weighted by atomic mass is 16.5. The Labute approximate surface area is 158 Å². The van der Waals surface area contributed by atoms with Crippen LogP contribution in [-0.4, -0.2) is 41.6 Å². The van der Waals surface area contributed by atoms with Crippen LogP contribution >= 0.6 is 0 Å². The van der Waals surface area contributed by atoms with E-state index in [9.17, 15) is 9.59 Å². The number of rotatable bonds is 7. The number of urea groups is 1. The van der Waals surface area contributed by atoms with Gasteiger partial charge in [-0.05, 0) is 36.1 Å². The van der Waals surface area contributed by atoms with E-state index in [1.54, 1.807) is 4.90 Å². The van der Waals surface area contributed by atoms with Gasteiger partial charge in [0.05, 0.1) is 5.92 Å². The van der Waals surface area contributed by atoms with Crippen molar-refractivity contribution in [2.75, 3.05) is 19.6 Å². The van der Waals surface area contributed by atoms with E-state index in [0.717, 1.165) is 16.9 Å². The third-order valence-corrected chi connectivity index (χ3v) is 4.66. The predicted molar refractivity (Wildman–Crippen MR) is 102 cm³/mol. The van der Waals surface area contributed by atoms with E-state index in [2.05, 4.69) is 5.32 Å². The van der Waals surface area contributed by atoms with Crippen molar-refractivity contribution in [3.8, 4) is 5.75 Å². The summed E-state index contributed by atoms with van der Waals surface area (Å²) in [5.41, 5.74) is 2.19. The fraction of sp³-hybridized carbons (Fsp3) is 0.333. The summed E-state index contributed by atoms with van der Waals surface area (Å²) in [6, 6.07) is 17.6. The van der Waals surface area contributed by atoms with Crippen LogP contribution in [0.4, 0.5) is 4.79 Å². The van der Waals surface area contributed by atoms with Gasteiger partial charge in [0.2, 0.25) is 0 Å². The van der Waals surface area contributed by atoms with Crippen LogP contribution in [0.25, 0.3) is 0 Å². The number of benzene rings is 2. The minimum atomic E-state index is -0.836. The zero-order valence-electron chi connectivity index (χ0n) is 15.1. The lowest BCUT2D eigenvalue weighted by Gasteiger charge is -2.16. The van der Waals surface area contributed by atoms with E-state index in [-0.39, 0.29) is 12.6 Å². The molecule has 0 radical (unpaired) electrons. The first kappa shape index (κ1) is 18.8. The minimum absolute atomic E-state index is 0.199. The molecule has 2 aromatic rings. The fourth-order valence-corrected chi connectivity index (χ4v) is 3.10. The molecule has 1 aliphatic rings. The maximum absolute atomic E-state index is 12.1. The normalized spacial score (nSPS) is 16.1. The number of carboxylic acids is 1. The third-order valence-electron chi connectivity index (χ3n) is 4.66. The van der Waals surface area contributed by atoms with Gasteiger partial charge in [-0.25, -0.2) is 4.79 Å². The summed E-state index contributed by atoms with van der Waals surface area (Å²) in [6.07, 6.45) is 1.20. The molecule has 0 aromatic heterocycles. The Bertz CT molecular complexity index is 779. The SMILES string of the molecule is O=C(O)C1CCN(C(=O)NCCc2cccc(OCc3ccccc3)c2)C1. The monoisotopic (exact) mass is 368 g/mol. The number of likely N-dealkylation sites (tertiary alicyclic amines) is 1. The molecule has 0 aliphatic carbocycles. The van der Waals surface area contributed by atoms with E-state index in [1.165, 1.54) is 0 Å². The zero-order chi connectivity index (χ0) is 19.1. The molecular weight excluding hydrogens is 344 g/mol. The molecule has 142 valence electrons. The van der Waals surface area contributed by atoms with Crippen molar-refractivity contribution < 1.29 is 19.4 Å². The van der Waals surface area contributed by atoms with Crippen LogP contribution in [0.15, 0.2) is 54.6 Å². The summed E-state index contributed by atoms with van der Waals surface area (Å²) in [7, 11) is 0. The second-order valence-corrected chi connectivity index (χ2v) is 6.67. The molecule has 0 spiro atoms. The van der Waals surface area contributed by atoms with Crippen molar-refractivity contribution in [3.63, 3.8) is 0 Å². The molecule has 6 heteroatoms. The number of nitrogens with zero attached hydrogens (tertiary/aromatic N) is 1. The third kappa shape index (κ3) is 5.48. The van der Waals surface area contributed by atoms with Gasteiger partial charge in [0.1, 0.15) is 12.4 Å². The van der Waals surface area contributed by atoms with Crippen LogP contribution in [-0.2, 0) is 17.8 Å². The van der Waals surface area contributed by atoms with Gasteiger partial charge in [0.25, 0.3) is 0 Å². The maximum atomic E-state index is 12.1. The molecule has 27 heavy (non-hydrogen) atoms. The second kappa shape index (κ2) is 9.07. The number of hydrogen-bond donors (Lipinski definition) is 2. The first-order valence-electron chi connectivity index (χ1n) is 9.13. The molecule has 2 aromatic carbocycles. The number of carboxylic acid groups (broad SMARTS) is 1. The van der Waals surface area contributed by atoms with E-state index in [0.29, 0.717) is 32.5 Å². The lowest BCUT2D eigenvalue weighted by Crippen LogP contribution is -2.39. The Kier molecular flexibility index (Phi) is 6.30. The summed E-state index contributed by atoms with van der Waals surface area (Å²) < 4.78 is 5.82. The number of amides is 2. The Hall–Kier alpha value is -3.02. The molecule has 1 saturated heterocycles. The van der Waals surface area contributed by atoms with Crippen molar-refractivity contribution in [2.24, 2.45) is 5.92 Å². The first-order chi connectivity index (χ1) is 13.1. The molecule has 1 unspecified atom stereocenters. The molecular formula is C21H24N2O4. The van der Waals surface area contributed by atoms with Crippen LogP contribution in [0.5, 0.6) is 5.75 Å². The quantitative estimate of drug-likeness (QED) is 0.788. The summed E-state index contributed by atoms with van der Waals surface area (Å²) in [5, 5.41) is 11.9. The van der Waals surface area contributed by atoms with Gasteiger partial charge in [0, 0.05) is 19.6 Å². The van der Waals surface area contributed by atoms with Gasteiger partial charge in [-0.1, -0.05) is 42.5 Å². The van der Waals surface area contributed by atoms with Crippen molar-refractivity contribution in [1.29, 1.82) is 0 Å². The maximum Gasteiger partial charge on any atom is 0.317 e. The summed E-state index contributed by atoms with van der Waals surface area (Å²) >= 11 is 0. The highest BCUT2D eigenvalue weighted by molar-refractivity contribution is 5.77. The molecule has 0 saturated carbocycles. The number of carbonyl (C=O) groups excluding carboxylic acids is 1. The van der Waals surface area contributed by atoms with E-state index in [4.69, 9.17) is 9.84 Å². The number of aliphatic carboxylic acids is 1. The highest BCUT2D eigenvalue weighted by Gasteiger charge is 2.30. The van der Waals surface area contributed by atoms with Crippen LogP contribution in [0.3, 0.4) is 0 Å². The predicted octanol–water partition coefficient (Wildman–Crippen LogP) is 2.92. The molecule has 1 atom stereocenters. The molecule has 2 N–H and O–H groups in total. The molecule has 0 bridgehead atoms. The lowest BCUT2D eigenvalue weighted by atomic mass is 10.1. The van der Waals surface area contributed by atoms with Crippen LogP contribution in [0.1, 0.15) is 17.5 Å². The Morgan fingerprint density at radius 1 is 1.11 bits per heavy atom. The van der Waals surface area contributed by atoms with Gasteiger partial charge >= 0.3 is 12.0 Å². The molecule has 1 fully saturated rings. The number of hydrogen-bond acceptors (Lipinski definition) is 3. The Morgan fingerprint density at radius 2 is 1.89 bits per heavy atom. The Morgan fingerprint density at radius 3 is 2.63 bits per heavy atom. The largest absolute Gasteiger partial charge is 0.489 e. The molecule has 6 nitrogen and oxygen atoms in total. The van der Waals surface area contributed by atoms with Gasteiger partial charge in [0.15, 0.2) is 0 Å². The van der Waals surface area contributed by atoms with Crippen LogP contribution in [0, 0.1) is 5.92 Å². The van der Waals surface area contributed by atoms with E-state index >= 15 is 0 Å². The fourth-order valence-electron chi connectivity index (χ4n) is 3.10. The van der Waals surface area contributed by atoms with Gasteiger partial charge in [-0.15, -0.1) is 0 Å². The van der Waals surface area contributed by atoms with Crippen molar-refractivity contribution >= 4 is 12.0 Å². The van der Waals surface area contributed by atoms with Gasteiger partial charge < -0.3 is 20.1 Å². The Balaban J connectivity index is 1.43. The zero-order valence-corrected chi connectivity index (χ0v) is 15.1. The molecule has 2 amide bonds. The molecule has 1 heterocycles. The van der Waals surface area contributed by atoms with Crippen LogP contribution in [0.2, 0.25) is 0 Å². The topological polar surface area (TPSA) is 78.9 Å². The summed E-state index contributed by atoms with van der Waals surface area (Å²) in [6.45, 7) is 1.78. The van der Waals surface area contributed by atoms with Gasteiger partial charge in [-0.2, -0.15) is 0 Å². The smallest absolute Gasteiger partial charge is 0.317 e. The number of carbonyl (C=O) groups is 2. The summed E-state index contributed by atoms with van der Waals surface area (Å²) in [4.78, 5) is 24.7. The first-order valence-corrected chi connectivity index (χ1v) is 9.13. The average Bonchev–Trinajstić information content (AvgIpc) is 3.18. The van der Waals surface area contributed by atoms with Crippen LogP contribution < -0.4 is 10.1 Å². The lowest BCUT2D eigenvalue weighted by molar-refractivity contribution is -0.141.